The molecule has 0 spiro atoms. The number of aromatic amines is 1. The monoisotopic (exact) mass is 306 g/mol. The highest BCUT2D eigenvalue weighted by molar-refractivity contribution is 5.77. The van der Waals surface area contributed by atoms with Crippen LogP contribution >= 0.6 is 0 Å². The van der Waals surface area contributed by atoms with E-state index in [0.29, 0.717) is 17.1 Å². The molecule has 6 nitrogen and oxygen atoms in total. The number of para-hydroxylation sites is 1. The summed E-state index contributed by atoms with van der Waals surface area (Å²) in [6, 6.07) is 9.34. The molecule has 0 unspecified atom stereocenters. The van der Waals surface area contributed by atoms with Crippen molar-refractivity contribution in [3.8, 4) is 11.4 Å². The maximum atomic E-state index is 12.7. The minimum Gasteiger partial charge on any atom is -0.355 e. The maximum absolute atomic E-state index is 12.7. The van der Waals surface area contributed by atoms with E-state index in [1.165, 1.54) is 6.07 Å². The first-order valence-electron chi connectivity index (χ1n) is 6.17. The average molecular weight is 306 g/mol. The molecule has 3 rings (SSSR count). The van der Waals surface area contributed by atoms with Crippen molar-refractivity contribution in [3.63, 3.8) is 0 Å². The first-order valence-corrected chi connectivity index (χ1v) is 6.17. The van der Waals surface area contributed by atoms with E-state index in [0.717, 1.165) is 12.3 Å². The summed E-state index contributed by atoms with van der Waals surface area (Å²) in [5, 5.41) is 16.4. The third kappa shape index (κ3) is 2.87. The van der Waals surface area contributed by atoms with Crippen LogP contribution in [0, 0.1) is 0 Å². The molecule has 0 saturated heterocycles. The second-order valence-corrected chi connectivity index (χ2v) is 4.33. The van der Waals surface area contributed by atoms with Gasteiger partial charge in [-0.2, -0.15) is 18.4 Å². The molecule has 2 aromatic heterocycles. The second kappa shape index (κ2) is 5.43. The number of aromatic nitrogens is 5. The summed E-state index contributed by atoms with van der Waals surface area (Å²) in [5.74, 6) is 0.341. The fourth-order valence-electron chi connectivity index (χ4n) is 1.88. The molecule has 3 aromatic rings. The van der Waals surface area contributed by atoms with Crippen LogP contribution in [-0.2, 0) is 6.18 Å². The summed E-state index contributed by atoms with van der Waals surface area (Å²) in [4.78, 5) is 3.32. The Morgan fingerprint density at radius 1 is 1.09 bits per heavy atom. The Bertz CT molecular complexity index is 769. The molecule has 2 heterocycles. The van der Waals surface area contributed by atoms with E-state index in [1.807, 2.05) is 0 Å². The Hall–Kier alpha value is -2.97. The first-order chi connectivity index (χ1) is 10.5. The predicted octanol–water partition coefficient (Wildman–Crippen LogP) is 3.02. The van der Waals surface area contributed by atoms with Crippen molar-refractivity contribution in [3.05, 3.63) is 48.3 Å². The van der Waals surface area contributed by atoms with E-state index in [-0.39, 0.29) is 5.69 Å². The van der Waals surface area contributed by atoms with Gasteiger partial charge in [0.1, 0.15) is 5.69 Å². The van der Waals surface area contributed by atoms with Crippen LogP contribution in [0.3, 0.4) is 0 Å². The average Bonchev–Trinajstić information content (AvgIpc) is 3.01. The van der Waals surface area contributed by atoms with Crippen LogP contribution in [0.15, 0.2) is 42.6 Å². The predicted molar refractivity (Wildman–Crippen MR) is 72.1 cm³/mol. The van der Waals surface area contributed by atoms with Gasteiger partial charge >= 0.3 is 6.18 Å². The third-order valence-electron chi connectivity index (χ3n) is 2.84. The van der Waals surface area contributed by atoms with Crippen molar-refractivity contribution in [1.29, 1.82) is 0 Å². The standard InChI is InChI=1S/C13H9F3N6/c14-13(15,16)11-7-8(5-6-17-11)18-10-4-2-1-3-9(10)12-19-21-22-20-12/h1-7H,(H,17,18)(H,19,20,21,22). The van der Waals surface area contributed by atoms with Crippen molar-refractivity contribution in [2.24, 2.45) is 0 Å². The maximum Gasteiger partial charge on any atom is 0.433 e. The first kappa shape index (κ1) is 14.0. The summed E-state index contributed by atoms with van der Waals surface area (Å²) in [5.41, 5.74) is 0.470. The highest BCUT2D eigenvalue weighted by Crippen LogP contribution is 2.31. The van der Waals surface area contributed by atoms with Crippen LogP contribution in [0.4, 0.5) is 24.5 Å². The van der Waals surface area contributed by atoms with Gasteiger partial charge in [-0.1, -0.05) is 12.1 Å². The van der Waals surface area contributed by atoms with Gasteiger partial charge in [0, 0.05) is 23.1 Å². The number of H-pyrrole nitrogens is 1. The molecular weight excluding hydrogens is 297 g/mol. The fourth-order valence-corrected chi connectivity index (χ4v) is 1.88. The zero-order valence-corrected chi connectivity index (χ0v) is 11.0. The molecule has 0 aliphatic rings. The van der Waals surface area contributed by atoms with Crippen molar-refractivity contribution < 1.29 is 13.2 Å². The summed E-state index contributed by atoms with van der Waals surface area (Å²) in [7, 11) is 0. The molecule has 2 N–H and O–H groups in total. The van der Waals surface area contributed by atoms with Crippen LogP contribution in [-0.4, -0.2) is 25.6 Å². The number of benzene rings is 1. The van der Waals surface area contributed by atoms with Gasteiger partial charge < -0.3 is 5.32 Å². The van der Waals surface area contributed by atoms with E-state index < -0.39 is 11.9 Å². The smallest absolute Gasteiger partial charge is 0.355 e. The summed E-state index contributed by atoms with van der Waals surface area (Å²) < 4.78 is 38.1. The summed E-state index contributed by atoms with van der Waals surface area (Å²) in [6.07, 6.45) is -3.40. The lowest BCUT2D eigenvalue weighted by molar-refractivity contribution is -0.141. The number of nitrogens with zero attached hydrogens (tertiary/aromatic N) is 4. The number of pyridine rings is 1. The fraction of sp³-hybridized carbons (Fsp3) is 0.0769. The van der Waals surface area contributed by atoms with Crippen molar-refractivity contribution in [2.45, 2.75) is 6.18 Å². The number of hydrogen-bond acceptors (Lipinski definition) is 5. The van der Waals surface area contributed by atoms with Gasteiger partial charge in [0.25, 0.3) is 0 Å². The Labute approximate surface area is 122 Å². The minimum atomic E-state index is -4.50. The summed E-state index contributed by atoms with van der Waals surface area (Å²) in [6.45, 7) is 0. The molecule has 0 aliphatic carbocycles. The van der Waals surface area contributed by atoms with Crippen LogP contribution in [0.5, 0.6) is 0 Å². The molecule has 0 atom stereocenters. The van der Waals surface area contributed by atoms with E-state index in [2.05, 4.69) is 30.9 Å². The van der Waals surface area contributed by atoms with Gasteiger partial charge in [0.2, 0.25) is 5.82 Å². The van der Waals surface area contributed by atoms with E-state index in [1.54, 1.807) is 24.3 Å². The van der Waals surface area contributed by atoms with Gasteiger partial charge in [0.15, 0.2) is 0 Å². The van der Waals surface area contributed by atoms with Crippen molar-refractivity contribution in [1.82, 2.24) is 25.6 Å². The zero-order chi connectivity index (χ0) is 15.6. The molecule has 1 aromatic carbocycles. The van der Waals surface area contributed by atoms with Gasteiger partial charge in [-0.05, 0) is 29.5 Å². The van der Waals surface area contributed by atoms with Gasteiger partial charge in [-0.3, -0.25) is 4.98 Å². The largest absolute Gasteiger partial charge is 0.433 e. The zero-order valence-electron chi connectivity index (χ0n) is 11.0. The molecule has 9 heteroatoms. The third-order valence-corrected chi connectivity index (χ3v) is 2.84. The van der Waals surface area contributed by atoms with Gasteiger partial charge in [-0.25, -0.2) is 0 Å². The lowest BCUT2D eigenvalue weighted by Crippen LogP contribution is -2.08. The Morgan fingerprint density at radius 2 is 1.91 bits per heavy atom. The van der Waals surface area contributed by atoms with Crippen LogP contribution in [0.1, 0.15) is 5.69 Å². The Balaban J connectivity index is 1.95. The lowest BCUT2D eigenvalue weighted by Gasteiger charge is -2.11. The SMILES string of the molecule is FC(F)(F)c1cc(Nc2ccccc2-c2nn[nH]n2)ccn1. The number of anilines is 2. The van der Waals surface area contributed by atoms with E-state index in [4.69, 9.17) is 0 Å². The molecule has 0 bridgehead atoms. The molecule has 112 valence electrons. The van der Waals surface area contributed by atoms with Crippen LogP contribution in [0.2, 0.25) is 0 Å². The molecule has 0 fully saturated rings. The van der Waals surface area contributed by atoms with Gasteiger partial charge in [0.05, 0.1) is 0 Å². The second-order valence-electron chi connectivity index (χ2n) is 4.33. The topological polar surface area (TPSA) is 79.4 Å². The summed E-state index contributed by atoms with van der Waals surface area (Å²) >= 11 is 0. The number of halogens is 3. The van der Waals surface area contributed by atoms with Crippen molar-refractivity contribution in [2.75, 3.05) is 5.32 Å². The van der Waals surface area contributed by atoms with Crippen molar-refractivity contribution >= 4 is 11.4 Å². The van der Waals surface area contributed by atoms with E-state index in [9.17, 15) is 13.2 Å². The Morgan fingerprint density at radius 3 is 2.64 bits per heavy atom. The number of hydrogen-bond donors (Lipinski definition) is 2. The number of rotatable bonds is 3. The molecule has 0 saturated carbocycles. The van der Waals surface area contributed by atoms with Gasteiger partial charge in [-0.15, -0.1) is 10.2 Å². The molecule has 22 heavy (non-hydrogen) atoms. The Kier molecular flexibility index (Phi) is 3.45. The normalized spacial score (nSPS) is 11.4. The highest BCUT2D eigenvalue weighted by atomic mass is 19.4. The number of alkyl halides is 3. The van der Waals surface area contributed by atoms with Crippen LogP contribution in [0.25, 0.3) is 11.4 Å². The molecule has 0 aliphatic heterocycles. The lowest BCUT2D eigenvalue weighted by atomic mass is 10.1. The molecular formula is C13H9F3N6. The molecule has 0 amide bonds. The quantitative estimate of drug-likeness (QED) is 0.777. The van der Waals surface area contributed by atoms with Crippen LogP contribution < -0.4 is 5.32 Å². The minimum absolute atomic E-state index is 0.262. The number of tetrazole rings is 1. The number of nitrogens with one attached hydrogen (secondary N) is 2. The molecule has 0 radical (unpaired) electrons. The van der Waals surface area contributed by atoms with E-state index >= 15 is 0 Å². The highest BCUT2D eigenvalue weighted by Gasteiger charge is 2.32.